The Morgan fingerprint density at radius 3 is 2.48 bits per heavy atom. The molecule has 0 saturated carbocycles. The summed E-state index contributed by atoms with van der Waals surface area (Å²) in [6, 6.07) is 6.97. The molecule has 0 fully saturated rings. The van der Waals surface area contributed by atoms with Gasteiger partial charge in [-0.15, -0.1) is 0 Å². The Morgan fingerprint density at radius 2 is 1.90 bits per heavy atom. The number of nitrogens with zero attached hydrogens (tertiary/aromatic N) is 1. The molecule has 0 bridgehead atoms. The molecule has 6 nitrogen and oxygen atoms in total. The number of aromatic amines is 1. The minimum Gasteiger partial charge on any atom is -0.477 e. The average molecular weight is 288 g/mol. The first-order chi connectivity index (χ1) is 10.0. The van der Waals surface area contributed by atoms with Gasteiger partial charge in [0.05, 0.1) is 5.69 Å². The van der Waals surface area contributed by atoms with Crippen molar-refractivity contribution in [2.45, 2.75) is 26.2 Å². The molecule has 21 heavy (non-hydrogen) atoms. The zero-order valence-electron chi connectivity index (χ0n) is 11.6. The van der Waals surface area contributed by atoms with Crippen LogP contribution in [-0.4, -0.2) is 20.6 Å². The van der Waals surface area contributed by atoms with Crippen LogP contribution in [-0.2, 0) is 6.42 Å². The molecule has 0 amide bonds. The van der Waals surface area contributed by atoms with Crippen molar-refractivity contribution in [2.75, 3.05) is 0 Å². The van der Waals surface area contributed by atoms with E-state index in [1.165, 1.54) is 0 Å². The van der Waals surface area contributed by atoms with E-state index >= 15 is 0 Å². The third kappa shape index (κ3) is 3.10. The standard InChI is InChI=1S/C15H16N2O4/c1-2-3-4-10-5-7-11(8-6-10)17-13(18)12(14(19)20)9-16-15(17)21/h5-9H,2-4H2,1H3,(H,16,21)(H,19,20). The summed E-state index contributed by atoms with van der Waals surface area (Å²) in [5.74, 6) is -1.37. The maximum atomic E-state index is 12.1. The molecule has 1 aromatic carbocycles. The summed E-state index contributed by atoms with van der Waals surface area (Å²) in [7, 11) is 0. The molecular formula is C15H16N2O4. The zero-order valence-corrected chi connectivity index (χ0v) is 11.6. The van der Waals surface area contributed by atoms with Crippen molar-refractivity contribution < 1.29 is 9.90 Å². The van der Waals surface area contributed by atoms with Gasteiger partial charge in [0.1, 0.15) is 5.56 Å². The molecule has 0 atom stereocenters. The van der Waals surface area contributed by atoms with Crippen LogP contribution >= 0.6 is 0 Å². The number of hydrogen-bond donors (Lipinski definition) is 2. The summed E-state index contributed by atoms with van der Waals surface area (Å²) in [5, 5.41) is 8.93. The van der Waals surface area contributed by atoms with Crippen LogP contribution < -0.4 is 11.2 Å². The minimum atomic E-state index is -1.37. The molecule has 2 N–H and O–H groups in total. The smallest absolute Gasteiger partial charge is 0.342 e. The maximum absolute atomic E-state index is 12.1. The number of aromatic nitrogens is 2. The number of H-pyrrole nitrogens is 1. The number of nitrogens with one attached hydrogen (secondary N) is 1. The van der Waals surface area contributed by atoms with Crippen LogP contribution in [0, 0.1) is 0 Å². The highest BCUT2D eigenvalue weighted by atomic mass is 16.4. The van der Waals surface area contributed by atoms with Gasteiger partial charge in [0.2, 0.25) is 0 Å². The monoisotopic (exact) mass is 288 g/mol. The first-order valence-electron chi connectivity index (χ1n) is 6.72. The summed E-state index contributed by atoms with van der Waals surface area (Å²) in [5.41, 5.74) is -0.507. The van der Waals surface area contributed by atoms with Gasteiger partial charge in [-0.1, -0.05) is 25.5 Å². The molecule has 1 aromatic heterocycles. The lowest BCUT2D eigenvalue weighted by molar-refractivity contribution is 0.0694. The zero-order chi connectivity index (χ0) is 15.4. The predicted molar refractivity (Wildman–Crippen MR) is 78.2 cm³/mol. The lowest BCUT2D eigenvalue weighted by atomic mass is 10.1. The highest BCUT2D eigenvalue weighted by Gasteiger charge is 2.14. The second-order valence-corrected chi connectivity index (χ2v) is 4.72. The quantitative estimate of drug-likeness (QED) is 0.873. The number of carboxylic acid groups (broad SMARTS) is 1. The van der Waals surface area contributed by atoms with Gasteiger partial charge in [0, 0.05) is 6.20 Å². The first kappa shape index (κ1) is 14.8. The van der Waals surface area contributed by atoms with Crippen LogP contribution in [0.5, 0.6) is 0 Å². The molecule has 0 saturated heterocycles. The number of carboxylic acids is 1. The van der Waals surface area contributed by atoms with Crippen LogP contribution in [0.4, 0.5) is 0 Å². The molecule has 6 heteroatoms. The summed E-state index contributed by atoms with van der Waals surface area (Å²) in [4.78, 5) is 37.1. The Bertz CT molecular complexity index is 756. The lowest BCUT2D eigenvalue weighted by Crippen LogP contribution is -2.36. The number of aryl methyl sites for hydroxylation is 1. The fraction of sp³-hybridized carbons (Fsp3) is 0.267. The molecule has 0 unspecified atom stereocenters. The Hall–Kier alpha value is -2.63. The van der Waals surface area contributed by atoms with Crippen molar-refractivity contribution in [3.05, 3.63) is 62.4 Å². The fourth-order valence-corrected chi connectivity index (χ4v) is 2.05. The molecule has 0 aliphatic heterocycles. The van der Waals surface area contributed by atoms with Gasteiger partial charge in [0.15, 0.2) is 0 Å². The summed E-state index contributed by atoms with van der Waals surface area (Å²) in [6.07, 6.45) is 3.99. The van der Waals surface area contributed by atoms with Crippen molar-refractivity contribution in [3.63, 3.8) is 0 Å². The van der Waals surface area contributed by atoms with E-state index < -0.39 is 22.8 Å². The van der Waals surface area contributed by atoms with E-state index in [9.17, 15) is 14.4 Å². The van der Waals surface area contributed by atoms with Crippen molar-refractivity contribution in [3.8, 4) is 5.69 Å². The van der Waals surface area contributed by atoms with Gasteiger partial charge in [-0.3, -0.25) is 4.79 Å². The van der Waals surface area contributed by atoms with E-state index in [1.54, 1.807) is 12.1 Å². The van der Waals surface area contributed by atoms with Crippen LogP contribution in [0.2, 0.25) is 0 Å². The van der Waals surface area contributed by atoms with Gasteiger partial charge in [0.25, 0.3) is 5.56 Å². The Balaban J connectivity index is 2.47. The molecule has 0 radical (unpaired) electrons. The number of carbonyl (C=O) groups is 1. The second-order valence-electron chi connectivity index (χ2n) is 4.72. The number of aromatic carboxylic acids is 1. The van der Waals surface area contributed by atoms with Gasteiger partial charge < -0.3 is 10.1 Å². The van der Waals surface area contributed by atoms with Gasteiger partial charge in [-0.2, -0.15) is 0 Å². The normalized spacial score (nSPS) is 10.5. The second kappa shape index (κ2) is 6.21. The number of unbranched alkanes of at least 4 members (excludes halogenated alkanes) is 1. The van der Waals surface area contributed by atoms with E-state index in [0.29, 0.717) is 5.69 Å². The van der Waals surface area contributed by atoms with Crippen LogP contribution in [0.25, 0.3) is 5.69 Å². The molecule has 0 aliphatic rings. The van der Waals surface area contributed by atoms with E-state index in [2.05, 4.69) is 11.9 Å². The van der Waals surface area contributed by atoms with E-state index in [1.807, 2.05) is 12.1 Å². The van der Waals surface area contributed by atoms with Gasteiger partial charge in [-0.25, -0.2) is 14.2 Å². The molecule has 2 aromatic rings. The molecule has 1 heterocycles. The Morgan fingerprint density at radius 1 is 1.24 bits per heavy atom. The number of benzene rings is 1. The molecule has 110 valence electrons. The summed E-state index contributed by atoms with van der Waals surface area (Å²) >= 11 is 0. The van der Waals surface area contributed by atoms with E-state index in [-0.39, 0.29) is 0 Å². The van der Waals surface area contributed by atoms with Crippen molar-refractivity contribution >= 4 is 5.97 Å². The van der Waals surface area contributed by atoms with Crippen molar-refractivity contribution in [1.82, 2.24) is 9.55 Å². The van der Waals surface area contributed by atoms with Crippen LogP contribution in [0.3, 0.4) is 0 Å². The van der Waals surface area contributed by atoms with E-state index in [0.717, 1.165) is 35.6 Å². The highest BCUT2D eigenvalue weighted by Crippen LogP contribution is 2.09. The molecular weight excluding hydrogens is 272 g/mol. The minimum absolute atomic E-state index is 0.351. The first-order valence-corrected chi connectivity index (χ1v) is 6.72. The van der Waals surface area contributed by atoms with Gasteiger partial charge >= 0.3 is 11.7 Å². The average Bonchev–Trinajstić information content (AvgIpc) is 2.46. The number of hydrogen-bond acceptors (Lipinski definition) is 3. The van der Waals surface area contributed by atoms with Crippen LogP contribution in [0.15, 0.2) is 40.1 Å². The Kier molecular flexibility index (Phi) is 4.37. The van der Waals surface area contributed by atoms with E-state index in [4.69, 9.17) is 5.11 Å². The van der Waals surface area contributed by atoms with Crippen molar-refractivity contribution in [1.29, 1.82) is 0 Å². The Labute approximate surface area is 120 Å². The number of rotatable bonds is 5. The largest absolute Gasteiger partial charge is 0.477 e. The predicted octanol–water partition coefficient (Wildman–Crippen LogP) is 1.57. The van der Waals surface area contributed by atoms with Gasteiger partial charge in [-0.05, 0) is 30.5 Å². The third-order valence-electron chi connectivity index (χ3n) is 3.22. The molecule has 0 spiro atoms. The van der Waals surface area contributed by atoms with Crippen molar-refractivity contribution in [2.24, 2.45) is 0 Å². The molecule has 2 rings (SSSR count). The highest BCUT2D eigenvalue weighted by molar-refractivity contribution is 5.86. The maximum Gasteiger partial charge on any atom is 0.342 e. The fourth-order valence-electron chi connectivity index (χ4n) is 2.05. The topological polar surface area (TPSA) is 92.2 Å². The molecule has 0 aliphatic carbocycles. The SMILES string of the molecule is CCCCc1ccc(-n2c(=O)[nH]cc(C(=O)O)c2=O)cc1. The third-order valence-corrected chi connectivity index (χ3v) is 3.22. The summed E-state index contributed by atoms with van der Waals surface area (Å²) in [6.45, 7) is 2.10. The lowest BCUT2D eigenvalue weighted by Gasteiger charge is -2.06. The van der Waals surface area contributed by atoms with Crippen LogP contribution in [0.1, 0.15) is 35.7 Å². The summed E-state index contributed by atoms with van der Waals surface area (Å²) < 4.78 is 0.826.